The van der Waals surface area contributed by atoms with Crippen molar-refractivity contribution in [2.45, 2.75) is 4.90 Å². The Kier molecular flexibility index (Phi) is 3.14. The van der Waals surface area contributed by atoms with Gasteiger partial charge in [-0.3, -0.25) is 0 Å². The normalized spacial score (nSPS) is 12.1. The van der Waals surface area contributed by atoms with Crippen LogP contribution in [-0.2, 0) is 9.84 Å². The summed E-state index contributed by atoms with van der Waals surface area (Å²) in [6.45, 7) is 0. The van der Waals surface area contributed by atoms with Gasteiger partial charge >= 0.3 is 0 Å². The van der Waals surface area contributed by atoms with Gasteiger partial charge in [-0.05, 0) is 46.9 Å². The van der Waals surface area contributed by atoms with Gasteiger partial charge in [0.05, 0.1) is 18.8 Å². The van der Waals surface area contributed by atoms with Gasteiger partial charge in [0.2, 0.25) is 0 Å². The lowest BCUT2D eigenvalue weighted by Gasteiger charge is -1.96. The molecule has 1 aromatic carbocycles. The lowest BCUT2D eigenvalue weighted by atomic mass is 10.3. The van der Waals surface area contributed by atoms with Crippen LogP contribution in [0.1, 0.15) is 0 Å². The first-order valence-corrected chi connectivity index (χ1v) is 9.23. The molecular formula is C12H9IN2O2S2. The molecule has 0 spiro atoms. The van der Waals surface area contributed by atoms with Crippen molar-refractivity contribution in [2.24, 2.45) is 0 Å². The van der Waals surface area contributed by atoms with E-state index in [0.717, 1.165) is 22.4 Å². The van der Waals surface area contributed by atoms with Crippen molar-refractivity contribution >= 4 is 54.8 Å². The molecule has 0 unspecified atom stereocenters. The minimum absolute atomic E-state index is 0.301. The number of sulfone groups is 1. The summed E-state index contributed by atoms with van der Waals surface area (Å²) in [6.07, 6.45) is 1.20. The molecule has 0 saturated heterocycles. The van der Waals surface area contributed by atoms with Crippen LogP contribution in [0.4, 0.5) is 0 Å². The number of nitrogens with zero attached hydrogens (tertiary/aromatic N) is 1. The van der Waals surface area contributed by atoms with Gasteiger partial charge < -0.3 is 4.98 Å². The van der Waals surface area contributed by atoms with Crippen LogP contribution < -0.4 is 0 Å². The number of nitrogens with one attached hydrogen (secondary N) is 1. The van der Waals surface area contributed by atoms with E-state index in [1.165, 1.54) is 9.14 Å². The highest BCUT2D eigenvalue weighted by Crippen LogP contribution is 2.27. The molecule has 7 heteroatoms. The van der Waals surface area contributed by atoms with E-state index in [-0.39, 0.29) is 0 Å². The largest absolute Gasteiger partial charge is 0.338 e. The zero-order valence-electron chi connectivity index (χ0n) is 9.84. The average molecular weight is 404 g/mol. The van der Waals surface area contributed by atoms with Crippen molar-refractivity contribution in [2.75, 3.05) is 6.26 Å². The predicted octanol–water partition coefficient (Wildman–Crippen LogP) is 3.30. The molecule has 0 aliphatic heterocycles. The number of hydrogen-bond donors (Lipinski definition) is 1. The van der Waals surface area contributed by atoms with Crippen LogP contribution in [0.15, 0.2) is 34.5 Å². The molecule has 0 aliphatic rings. The number of aromatic amines is 1. The minimum atomic E-state index is -3.19. The quantitative estimate of drug-likeness (QED) is 0.667. The monoisotopic (exact) mass is 404 g/mol. The lowest BCUT2D eigenvalue weighted by Crippen LogP contribution is -1.96. The smallest absolute Gasteiger partial charge is 0.175 e. The molecule has 1 N–H and O–H groups in total. The van der Waals surface area contributed by atoms with Gasteiger partial charge in [-0.2, -0.15) is 0 Å². The zero-order chi connectivity index (χ0) is 13.6. The van der Waals surface area contributed by atoms with Crippen LogP contribution >= 0.6 is 33.9 Å². The number of aromatic nitrogens is 2. The molecule has 2 aromatic heterocycles. The number of fused-ring (bicyclic) bond motifs is 1. The maximum absolute atomic E-state index is 11.5. The molecule has 2 heterocycles. The van der Waals surface area contributed by atoms with Crippen LogP contribution in [-0.4, -0.2) is 24.6 Å². The Labute approximate surface area is 127 Å². The van der Waals surface area contributed by atoms with Crippen molar-refractivity contribution in [3.63, 3.8) is 0 Å². The Morgan fingerprint density at radius 3 is 2.74 bits per heavy atom. The summed E-state index contributed by atoms with van der Waals surface area (Å²) < 4.78 is 24.2. The van der Waals surface area contributed by atoms with Crippen molar-refractivity contribution in [1.82, 2.24) is 9.97 Å². The zero-order valence-corrected chi connectivity index (χ0v) is 13.6. The Morgan fingerprint density at radius 1 is 1.32 bits per heavy atom. The summed E-state index contributed by atoms with van der Waals surface area (Å²) in [5, 5.41) is 2.02. The molecule has 0 fully saturated rings. The van der Waals surface area contributed by atoms with Crippen molar-refractivity contribution in [3.8, 4) is 11.4 Å². The first-order chi connectivity index (χ1) is 8.93. The third-order valence-electron chi connectivity index (χ3n) is 2.72. The molecule has 0 saturated carbocycles. The van der Waals surface area contributed by atoms with Gasteiger partial charge in [-0.15, -0.1) is 11.3 Å². The Bertz CT molecular complexity index is 865. The molecule has 0 atom stereocenters. The fraction of sp³-hybridized carbons (Fsp3) is 0.0833. The highest BCUT2D eigenvalue weighted by atomic mass is 127. The maximum Gasteiger partial charge on any atom is 0.175 e. The summed E-state index contributed by atoms with van der Waals surface area (Å²) in [5.41, 5.74) is 2.52. The van der Waals surface area contributed by atoms with Gasteiger partial charge in [0.15, 0.2) is 9.84 Å². The Balaban J connectivity index is 2.16. The Morgan fingerprint density at radius 2 is 2.11 bits per heavy atom. The molecule has 98 valence electrons. The van der Waals surface area contributed by atoms with E-state index in [9.17, 15) is 8.42 Å². The van der Waals surface area contributed by atoms with E-state index < -0.39 is 9.84 Å². The molecule has 0 aliphatic carbocycles. The molecule has 0 amide bonds. The SMILES string of the molecule is CS(=O)(=O)c1ccc2nc(-c3csc(I)c3)[nH]c2c1. The fourth-order valence-electron chi connectivity index (χ4n) is 1.79. The first-order valence-electron chi connectivity index (χ1n) is 5.38. The highest BCUT2D eigenvalue weighted by molar-refractivity contribution is 14.1. The highest BCUT2D eigenvalue weighted by Gasteiger charge is 2.11. The van der Waals surface area contributed by atoms with E-state index in [2.05, 4.69) is 32.6 Å². The van der Waals surface area contributed by atoms with Gasteiger partial charge in [0.1, 0.15) is 5.82 Å². The van der Waals surface area contributed by atoms with Crippen LogP contribution in [0.2, 0.25) is 0 Å². The van der Waals surface area contributed by atoms with Crippen molar-refractivity contribution < 1.29 is 8.42 Å². The third kappa shape index (κ3) is 2.54. The Hall–Kier alpha value is -0.930. The standard InChI is InChI=1S/C12H9IN2O2S2/c1-19(16,17)8-2-3-9-10(5-8)15-12(14-9)7-4-11(13)18-6-7/h2-6H,1H3,(H,14,15). The number of hydrogen-bond acceptors (Lipinski definition) is 4. The summed E-state index contributed by atoms with van der Waals surface area (Å²) >= 11 is 3.91. The lowest BCUT2D eigenvalue weighted by molar-refractivity contribution is 0.602. The number of H-pyrrole nitrogens is 1. The van der Waals surface area contributed by atoms with Crippen LogP contribution in [0.25, 0.3) is 22.4 Å². The number of benzene rings is 1. The second-order valence-electron chi connectivity index (χ2n) is 4.18. The van der Waals surface area contributed by atoms with Crippen LogP contribution in [0.5, 0.6) is 0 Å². The van der Waals surface area contributed by atoms with Crippen molar-refractivity contribution in [3.05, 3.63) is 32.5 Å². The number of thiophene rings is 1. The second kappa shape index (κ2) is 4.57. The predicted molar refractivity (Wildman–Crippen MR) is 85.2 cm³/mol. The maximum atomic E-state index is 11.5. The number of rotatable bonds is 2. The van der Waals surface area contributed by atoms with Crippen molar-refractivity contribution in [1.29, 1.82) is 0 Å². The molecule has 0 bridgehead atoms. The molecule has 19 heavy (non-hydrogen) atoms. The van der Waals surface area contributed by atoms with Gasteiger partial charge in [0, 0.05) is 17.2 Å². The van der Waals surface area contributed by atoms with Gasteiger partial charge in [-0.25, -0.2) is 13.4 Å². The summed E-state index contributed by atoms with van der Waals surface area (Å²) in [4.78, 5) is 7.94. The molecule has 0 radical (unpaired) electrons. The first kappa shape index (κ1) is 13.1. The average Bonchev–Trinajstić information content (AvgIpc) is 2.92. The second-order valence-corrected chi connectivity index (χ2v) is 9.00. The molecule has 4 nitrogen and oxygen atoms in total. The topological polar surface area (TPSA) is 62.8 Å². The molecular weight excluding hydrogens is 395 g/mol. The van der Waals surface area contributed by atoms with E-state index in [4.69, 9.17) is 0 Å². The minimum Gasteiger partial charge on any atom is -0.338 e. The third-order valence-corrected chi connectivity index (χ3v) is 5.62. The van der Waals surface area contributed by atoms with Crippen LogP contribution in [0.3, 0.4) is 0 Å². The summed E-state index contributed by atoms with van der Waals surface area (Å²) in [7, 11) is -3.19. The van der Waals surface area contributed by atoms with E-state index in [1.54, 1.807) is 29.5 Å². The molecule has 3 rings (SSSR count). The van der Waals surface area contributed by atoms with E-state index in [1.807, 2.05) is 11.4 Å². The number of halogens is 1. The van der Waals surface area contributed by atoms with E-state index >= 15 is 0 Å². The van der Waals surface area contributed by atoms with Crippen LogP contribution in [0, 0.1) is 2.88 Å². The summed E-state index contributed by atoms with van der Waals surface area (Å²) in [6, 6.07) is 6.97. The van der Waals surface area contributed by atoms with Gasteiger partial charge in [0.25, 0.3) is 0 Å². The number of imidazole rings is 1. The fourth-order valence-corrected chi connectivity index (χ4v) is 3.77. The van der Waals surface area contributed by atoms with E-state index in [0.29, 0.717) is 4.90 Å². The molecule has 3 aromatic rings. The van der Waals surface area contributed by atoms with Gasteiger partial charge in [-0.1, -0.05) is 0 Å². The summed E-state index contributed by atoms with van der Waals surface area (Å²) in [5.74, 6) is 0.764.